The molecule has 1 amide bonds. The van der Waals surface area contributed by atoms with Gasteiger partial charge in [-0.3, -0.25) is 10.0 Å². The second kappa shape index (κ2) is 8.32. The third kappa shape index (κ3) is 3.92. The minimum absolute atomic E-state index is 0.458. The number of hydrogen-bond donors (Lipinski definition) is 2. The molecule has 4 heteroatoms. The van der Waals surface area contributed by atoms with Gasteiger partial charge < -0.3 is 4.74 Å². The van der Waals surface area contributed by atoms with Crippen LogP contribution in [0, 0.1) is 0 Å². The van der Waals surface area contributed by atoms with Gasteiger partial charge in [-0.05, 0) is 41.3 Å². The molecule has 0 fully saturated rings. The zero-order valence-electron chi connectivity index (χ0n) is 14.6. The SMILES string of the molecule is CCOc1ccc(-c2cccc(C(C(=O)NO)c3ccccc3)c2)cc1. The summed E-state index contributed by atoms with van der Waals surface area (Å²) < 4.78 is 5.48. The molecule has 3 aromatic carbocycles. The summed E-state index contributed by atoms with van der Waals surface area (Å²) in [7, 11) is 0. The molecule has 0 heterocycles. The number of ether oxygens (including phenoxy) is 1. The number of rotatable bonds is 6. The second-order valence-electron chi connectivity index (χ2n) is 5.90. The Bertz CT molecular complexity index is 860. The molecule has 0 aliphatic heterocycles. The van der Waals surface area contributed by atoms with Crippen LogP contribution in [0.25, 0.3) is 11.1 Å². The van der Waals surface area contributed by atoms with E-state index in [2.05, 4.69) is 0 Å². The van der Waals surface area contributed by atoms with Crippen LogP contribution < -0.4 is 10.2 Å². The molecule has 0 aliphatic rings. The highest BCUT2D eigenvalue weighted by Gasteiger charge is 2.22. The van der Waals surface area contributed by atoms with Crippen LogP contribution >= 0.6 is 0 Å². The molecule has 0 spiro atoms. The van der Waals surface area contributed by atoms with Gasteiger partial charge in [-0.25, -0.2) is 5.48 Å². The molecule has 0 aliphatic carbocycles. The largest absolute Gasteiger partial charge is 0.494 e. The fourth-order valence-corrected chi connectivity index (χ4v) is 3.01. The Labute approximate surface area is 153 Å². The zero-order chi connectivity index (χ0) is 18.4. The van der Waals surface area contributed by atoms with E-state index >= 15 is 0 Å². The molecular weight excluding hydrogens is 326 g/mol. The lowest BCUT2D eigenvalue weighted by molar-refractivity contribution is -0.129. The molecule has 1 unspecified atom stereocenters. The fourth-order valence-electron chi connectivity index (χ4n) is 3.01. The maximum absolute atomic E-state index is 12.3. The van der Waals surface area contributed by atoms with Gasteiger partial charge >= 0.3 is 0 Å². The highest BCUT2D eigenvalue weighted by molar-refractivity contribution is 5.86. The van der Waals surface area contributed by atoms with Crippen LogP contribution in [0.1, 0.15) is 24.0 Å². The molecule has 26 heavy (non-hydrogen) atoms. The number of amides is 1. The Morgan fingerprint density at radius 2 is 1.62 bits per heavy atom. The Balaban J connectivity index is 1.97. The van der Waals surface area contributed by atoms with Crippen molar-refractivity contribution in [1.82, 2.24) is 5.48 Å². The van der Waals surface area contributed by atoms with Crippen LogP contribution in [0.2, 0.25) is 0 Å². The summed E-state index contributed by atoms with van der Waals surface area (Å²) in [5.41, 5.74) is 5.45. The quantitative estimate of drug-likeness (QED) is 0.513. The number of benzene rings is 3. The van der Waals surface area contributed by atoms with Crippen LogP contribution in [0.4, 0.5) is 0 Å². The molecule has 0 bridgehead atoms. The summed E-state index contributed by atoms with van der Waals surface area (Å²) >= 11 is 0. The molecular formula is C22H21NO3. The number of nitrogens with one attached hydrogen (secondary N) is 1. The molecule has 0 radical (unpaired) electrons. The van der Waals surface area contributed by atoms with Gasteiger partial charge in [0.1, 0.15) is 5.75 Å². The first-order valence-electron chi connectivity index (χ1n) is 8.55. The van der Waals surface area contributed by atoms with Gasteiger partial charge in [0.25, 0.3) is 5.91 Å². The second-order valence-corrected chi connectivity index (χ2v) is 5.90. The van der Waals surface area contributed by atoms with Gasteiger partial charge in [0.2, 0.25) is 0 Å². The fraction of sp³-hybridized carbons (Fsp3) is 0.136. The summed E-state index contributed by atoms with van der Waals surface area (Å²) in [5, 5.41) is 9.18. The summed E-state index contributed by atoms with van der Waals surface area (Å²) in [5.74, 6) is -0.210. The van der Waals surface area contributed by atoms with Gasteiger partial charge in [0.05, 0.1) is 12.5 Å². The van der Waals surface area contributed by atoms with Gasteiger partial charge in [0.15, 0.2) is 0 Å². The molecule has 0 aromatic heterocycles. The molecule has 132 valence electrons. The molecule has 0 saturated heterocycles. The topological polar surface area (TPSA) is 58.6 Å². The lowest BCUT2D eigenvalue weighted by Gasteiger charge is -2.17. The van der Waals surface area contributed by atoms with Gasteiger partial charge in [-0.15, -0.1) is 0 Å². The van der Waals surface area contributed by atoms with Crippen LogP contribution in [0.3, 0.4) is 0 Å². The van der Waals surface area contributed by atoms with E-state index in [4.69, 9.17) is 4.74 Å². The molecule has 0 saturated carbocycles. The third-order valence-electron chi connectivity index (χ3n) is 4.22. The molecule has 1 atom stereocenters. The van der Waals surface area contributed by atoms with E-state index in [1.807, 2.05) is 85.8 Å². The zero-order valence-corrected chi connectivity index (χ0v) is 14.6. The Kier molecular flexibility index (Phi) is 5.66. The van der Waals surface area contributed by atoms with E-state index in [1.165, 1.54) is 0 Å². The summed E-state index contributed by atoms with van der Waals surface area (Å²) in [6, 6.07) is 25.0. The van der Waals surface area contributed by atoms with Crippen molar-refractivity contribution in [2.24, 2.45) is 0 Å². The average molecular weight is 347 g/mol. The lowest BCUT2D eigenvalue weighted by atomic mass is 9.89. The van der Waals surface area contributed by atoms with E-state index in [0.29, 0.717) is 6.61 Å². The average Bonchev–Trinajstić information content (AvgIpc) is 2.70. The Morgan fingerprint density at radius 1 is 0.923 bits per heavy atom. The maximum atomic E-state index is 12.3. The van der Waals surface area contributed by atoms with Crippen molar-refractivity contribution in [3.63, 3.8) is 0 Å². The van der Waals surface area contributed by atoms with Gasteiger partial charge in [0, 0.05) is 0 Å². The van der Waals surface area contributed by atoms with Crippen molar-refractivity contribution in [3.05, 3.63) is 90.0 Å². The smallest absolute Gasteiger partial charge is 0.255 e. The van der Waals surface area contributed by atoms with Gasteiger partial charge in [-0.1, -0.05) is 66.7 Å². The minimum Gasteiger partial charge on any atom is -0.494 e. The predicted octanol–water partition coefficient (Wildman–Crippen LogP) is 4.39. The number of hydroxylamine groups is 1. The number of hydrogen-bond acceptors (Lipinski definition) is 3. The van der Waals surface area contributed by atoms with Gasteiger partial charge in [-0.2, -0.15) is 0 Å². The monoisotopic (exact) mass is 347 g/mol. The summed E-state index contributed by atoms with van der Waals surface area (Å²) in [4.78, 5) is 12.3. The van der Waals surface area contributed by atoms with E-state index in [9.17, 15) is 10.0 Å². The number of carbonyl (C=O) groups excluding carboxylic acids is 1. The van der Waals surface area contributed by atoms with Crippen LogP contribution in [0.5, 0.6) is 5.75 Å². The van der Waals surface area contributed by atoms with Crippen molar-refractivity contribution < 1.29 is 14.7 Å². The van der Waals surface area contributed by atoms with E-state index in [1.54, 1.807) is 5.48 Å². The van der Waals surface area contributed by atoms with E-state index < -0.39 is 11.8 Å². The summed E-state index contributed by atoms with van der Waals surface area (Å²) in [6.45, 7) is 2.58. The van der Waals surface area contributed by atoms with E-state index in [-0.39, 0.29) is 0 Å². The standard InChI is InChI=1S/C22H21NO3/c1-2-26-20-13-11-16(12-14-20)18-9-6-10-19(15-18)21(22(24)23-25)17-7-4-3-5-8-17/h3-15,21,25H,2H2,1H3,(H,23,24). The number of carbonyl (C=O) groups is 1. The van der Waals surface area contributed by atoms with Crippen molar-refractivity contribution >= 4 is 5.91 Å². The van der Waals surface area contributed by atoms with Crippen molar-refractivity contribution in [2.45, 2.75) is 12.8 Å². The van der Waals surface area contributed by atoms with Crippen molar-refractivity contribution in [3.8, 4) is 16.9 Å². The first kappa shape index (κ1) is 17.7. The first-order chi connectivity index (χ1) is 12.7. The maximum Gasteiger partial charge on any atom is 0.255 e. The first-order valence-corrected chi connectivity index (χ1v) is 8.55. The van der Waals surface area contributed by atoms with Crippen molar-refractivity contribution in [2.75, 3.05) is 6.61 Å². The van der Waals surface area contributed by atoms with E-state index in [0.717, 1.165) is 28.0 Å². The Morgan fingerprint density at radius 3 is 2.27 bits per heavy atom. The normalized spacial score (nSPS) is 11.6. The molecule has 3 aromatic rings. The lowest BCUT2D eigenvalue weighted by Crippen LogP contribution is -2.27. The highest BCUT2D eigenvalue weighted by Crippen LogP contribution is 2.29. The highest BCUT2D eigenvalue weighted by atomic mass is 16.5. The van der Waals surface area contributed by atoms with Crippen LogP contribution in [-0.2, 0) is 4.79 Å². The minimum atomic E-state index is -0.580. The molecule has 2 N–H and O–H groups in total. The van der Waals surface area contributed by atoms with Crippen LogP contribution in [-0.4, -0.2) is 17.7 Å². The predicted molar refractivity (Wildman–Crippen MR) is 101 cm³/mol. The third-order valence-corrected chi connectivity index (χ3v) is 4.22. The molecule has 4 nitrogen and oxygen atoms in total. The molecule has 3 rings (SSSR count). The van der Waals surface area contributed by atoms with Crippen LogP contribution in [0.15, 0.2) is 78.9 Å². The van der Waals surface area contributed by atoms with Crippen molar-refractivity contribution in [1.29, 1.82) is 0 Å². The summed E-state index contributed by atoms with van der Waals surface area (Å²) in [6.07, 6.45) is 0. The Hall–Kier alpha value is -3.11.